The van der Waals surface area contributed by atoms with E-state index in [9.17, 15) is 22.8 Å². The number of aromatic nitrogens is 2. The first-order valence-electron chi connectivity index (χ1n) is 12.4. The molecule has 1 aliphatic heterocycles. The lowest BCUT2D eigenvalue weighted by Crippen LogP contribution is -2.53. The number of likely N-dealkylation sites (tertiary alicyclic amines) is 1. The smallest absolute Gasteiger partial charge is 0.277 e. The maximum atomic E-state index is 13.2. The average Bonchev–Trinajstić information content (AvgIpc) is 3.39. The number of rotatable bonds is 14. The van der Waals surface area contributed by atoms with E-state index >= 15 is 0 Å². The van der Waals surface area contributed by atoms with E-state index < -0.39 is 34.1 Å². The SMILES string of the molecule is NC(N)=NCCC[C@H](NC(=O)CN1CCCC[C@H](NS(=O)(=O)NCc2ccncc2)C1=O)C(=O)c1nccs1. The van der Waals surface area contributed by atoms with Gasteiger partial charge in [0.1, 0.15) is 6.04 Å². The number of hydrogen-bond donors (Lipinski definition) is 5. The maximum absolute atomic E-state index is 13.2. The van der Waals surface area contributed by atoms with E-state index in [1.807, 2.05) is 0 Å². The van der Waals surface area contributed by atoms with E-state index in [4.69, 9.17) is 11.5 Å². The molecule has 16 heteroatoms. The van der Waals surface area contributed by atoms with Crippen LogP contribution in [0.1, 0.15) is 47.5 Å². The summed E-state index contributed by atoms with van der Waals surface area (Å²) < 4.78 is 30.0. The van der Waals surface area contributed by atoms with Crippen LogP contribution < -0.4 is 26.2 Å². The van der Waals surface area contributed by atoms with Crippen molar-refractivity contribution in [2.24, 2.45) is 16.5 Å². The Labute approximate surface area is 230 Å². The van der Waals surface area contributed by atoms with Crippen LogP contribution in [0.2, 0.25) is 0 Å². The van der Waals surface area contributed by atoms with Crippen LogP contribution in [0.3, 0.4) is 0 Å². The fourth-order valence-corrected chi connectivity index (χ4v) is 5.62. The number of ketones is 1. The molecular weight excluding hydrogens is 546 g/mol. The van der Waals surface area contributed by atoms with Gasteiger partial charge in [0.25, 0.3) is 10.2 Å². The van der Waals surface area contributed by atoms with Crippen LogP contribution >= 0.6 is 11.3 Å². The van der Waals surface area contributed by atoms with E-state index in [1.165, 1.54) is 11.1 Å². The first kappa shape index (κ1) is 30.1. The predicted octanol–water partition coefficient (Wildman–Crippen LogP) is -0.735. The summed E-state index contributed by atoms with van der Waals surface area (Å²) in [6.07, 6.45) is 6.78. The van der Waals surface area contributed by atoms with E-state index in [2.05, 4.69) is 29.7 Å². The second-order valence-corrected chi connectivity index (χ2v) is 11.3. The Morgan fingerprint density at radius 1 is 1.21 bits per heavy atom. The molecule has 2 aromatic rings. The molecule has 39 heavy (non-hydrogen) atoms. The van der Waals surface area contributed by atoms with Gasteiger partial charge in [0.05, 0.1) is 12.6 Å². The molecule has 2 amide bonds. The summed E-state index contributed by atoms with van der Waals surface area (Å²) in [7, 11) is -4.00. The van der Waals surface area contributed by atoms with Gasteiger partial charge < -0.3 is 21.7 Å². The first-order chi connectivity index (χ1) is 18.6. The van der Waals surface area contributed by atoms with Crippen LogP contribution in [0.4, 0.5) is 0 Å². The number of hydrogen-bond acceptors (Lipinski definition) is 9. The minimum atomic E-state index is -4.00. The van der Waals surface area contributed by atoms with Crippen molar-refractivity contribution in [3.8, 4) is 0 Å². The fraction of sp³-hybridized carbons (Fsp3) is 0.478. The lowest BCUT2D eigenvalue weighted by Gasteiger charge is -2.25. The van der Waals surface area contributed by atoms with Gasteiger partial charge in [0.15, 0.2) is 11.0 Å². The summed E-state index contributed by atoms with van der Waals surface area (Å²) >= 11 is 1.16. The Morgan fingerprint density at radius 2 is 1.97 bits per heavy atom. The average molecular weight is 580 g/mol. The molecule has 0 unspecified atom stereocenters. The Hall–Kier alpha value is -3.47. The second kappa shape index (κ2) is 14.6. The van der Waals surface area contributed by atoms with Crippen LogP contribution in [-0.2, 0) is 26.3 Å². The zero-order valence-corrected chi connectivity index (χ0v) is 22.9. The molecule has 0 aromatic carbocycles. The Balaban J connectivity index is 1.60. The number of nitrogens with two attached hydrogens (primary N) is 2. The summed E-state index contributed by atoms with van der Waals surface area (Å²) in [6, 6.07) is 1.44. The fourth-order valence-electron chi connectivity index (χ4n) is 3.96. The van der Waals surface area contributed by atoms with Gasteiger partial charge in [0.2, 0.25) is 17.6 Å². The van der Waals surface area contributed by atoms with Gasteiger partial charge in [0, 0.05) is 43.6 Å². The van der Waals surface area contributed by atoms with Gasteiger partial charge in [-0.1, -0.05) is 0 Å². The molecule has 0 saturated carbocycles. The van der Waals surface area contributed by atoms with Crippen LogP contribution in [0.25, 0.3) is 0 Å². The molecule has 212 valence electrons. The number of carbonyl (C=O) groups is 3. The van der Waals surface area contributed by atoms with Gasteiger partial charge in [-0.2, -0.15) is 17.9 Å². The highest BCUT2D eigenvalue weighted by atomic mass is 32.2. The molecule has 1 aliphatic rings. The van der Waals surface area contributed by atoms with Gasteiger partial charge in [-0.15, -0.1) is 11.3 Å². The summed E-state index contributed by atoms with van der Waals surface area (Å²) in [5, 5.41) is 4.61. The lowest BCUT2D eigenvalue weighted by atomic mass is 10.1. The molecule has 2 atom stereocenters. The number of guanidine groups is 1. The number of Topliss-reactive ketones (excluding diaryl/α,β-unsaturated/α-hetero) is 1. The van der Waals surface area contributed by atoms with Crippen LogP contribution in [0, 0.1) is 0 Å². The number of nitrogens with one attached hydrogen (secondary N) is 3. The van der Waals surface area contributed by atoms with Gasteiger partial charge in [-0.05, 0) is 49.8 Å². The highest BCUT2D eigenvalue weighted by molar-refractivity contribution is 7.87. The lowest BCUT2D eigenvalue weighted by molar-refractivity contribution is -0.137. The predicted molar refractivity (Wildman–Crippen MR) is 146 cm³/mol. The minimum absolute atomic E-state index is 0.0303. The van der Waals surface area contributed by atoms with E-state index in [0.29, 0.717) is 31.2 Å². The van der Waals surface area contributed by atoms with E-state index in [0.717, 1.165) is 11.3 Å². The summed E-state index contributed by atoms with van der Waals surface area (Å²) in [6.45, 7) is 0.269. The van der Waals surface area contributed by atoms with Gasteiger partial charge in [-0.25, -0.2) is 4.98 Å². The van der Waals surface area contributed by atoms with Crippen molar-refractivity contribution >= 4 is 45.1 Å². The van der Waals surface area contributed by atoms with E-state index in [1.54, 1.807) is 29.9 Å². The standard InChI is InChI=1S/C23H33N9O5S2/c24-23(25)28-8-3-5-17(20(34)21-27-11-13-38-21)30-19(33)15-32-12-2-1-4-18(22(32)35)31-39(36,37)29-14-16-6-9-26-10-7-16/h6-7,9-11,13,17-18,29,31H,1-5,8,12,14-15H2,(H,30,33)(H4,24,25,28)/t17-,18-/m0/s1. The molecule has 0 radical (unpaired) electrons. The zero-order chi connectivity index (χ0) is 28.3. The largest absolute Gasteiger partial charge is 0.370 e. The molecule has 7 N–H and O–H groups in total. The summed E-state index contributed by atoms with van der Waals surface area (Å²) in [4.78, 5) is 52.2. The third-order valence-corrected chi connectivity index (χ3v) is 7.78. The van der Waals surface area contributed by atoms with Gasteiger partial charge in [-0.3, -0.25) is 24.4 Å². The third-order valence-electron chi connectivity index (χ3n) is 5.87. The Bertz CT molecular complexity index is 1240. The molecule has 2 aromatic heterocycles. The number of pyridine rings is 1. The number of thiazole rings is 1. The summed E-state index contributed by atoms with van der Waals surface area (Å²) in [5.74, 6) is -1.47. The molecule has 0 bridgehead atoms. The highest BCUT2D eigenvalue weighted by Gasteiger charge is 2.32. The highest BCUT2D eigenvalue weighted by Crippen LogP contribution is 2.14. The van der Waals surface area contributed by atoms with Crippen molar-refractivity contribution in [2.75, 3.05) is 19.6 Å². The molecule has 14 nitrogen and oxygen atoms in total. The quantitative estimate of drug-likeness (QED) is 0.0823. The Morgan fingerprint density at radius 3 is 2.67 bits per heavy atom. The van der Waals surface area contributed by atoms with Crippen molar-refractivity contribution in [1.82, 2.24) is 29.6 Å². The molecular formula is C23H33N9O5S2. The topological polar surface area (TPSA) is 215 Å². The van der Waals surface area contributed by atoms with Crippen molar-refractivity contribution < 1.29 is 22.8 Å². The number of carbonyl (C=O) groups excluding carboxylic acids is 3. The monoisotopic (exact) mass is 579 g/mol. The zero-order valence-electron chi connectivity index (χ0n) is 21.3. The molecule has 1 fully saturated rings. The number of aliphatic imine (C=N–C) groups is 1. The van der Waals surface area contributed by atoms with E-state index in [-0.39, 0.29) is 49.4 Å². The second-order valence-electron chi connectivity index (χ2n) is 8.88. The van der Waals surface area contributed by atoms with Crippen molar-refractivity contribution in [3.05, 3.63) is 46.7 Å². The normalized spacial score (nSPS) is 16.8. The Kier molecular flexibility index (Phi) is 11.3. The van der Waals surface area contributed by atoms with Crippen LogP contribution in [0.15, 0.2) is 41.1 Å². The molecule has 0 aliphatic carbocycles. The van der Waals surface area contributed by atoms with Crippen molar-refractivity contribution in [2.45, 2.75) is 50.7 Å². The van der Waals surface area contributed by atoms with Crippen molar-refractivity contribution in [3.63, 3.8) is 0 Å². The maximum Gasteiger partial charge on any atom is 0.277 e. The summed E-state index contributed by atoms with van der Waals surface area (Å²) in [5.41, 5.74) is 11.4. The van der Waals surface area contributed by atoms with Crippen LogP contribution in [0.5, 0.6) is 0 Å². The number of amides is 2. The van der Waals surface area contributed by atoms with Gasteiger partial charge >= 0.3 is 0 Å². The molecule has 0 spiro atoms. The molecule has 3 rings (SSSR count). The van der Waals surface area contributed by atoms with Crippen molar-refractivity contribution in [1.29, 1.82) is 0 Å². The number of nitrogens with zero attached hydrogens (tertiary/aromatic N) is 4. The first-order valence-corrected chi connectivity index (χ1v) is 14.7. The minimum Gasteiger partial charge on any atom is -0.370 e. The van der Waals surface area contributed by atoms with Crippen LogP contribution in [-0.4, -0.2) is 78.6 Å². The molecule has 3 heterocycles. The molecule has 1 saturated heterocycles. The third kappa shape index (κ3) is 9.97.